The Morgan fingerprint density at radius 2 is 1.86 bits per heavy atom. The van der Waals surface area contributed by atoms with Gasteiger partial charge in [0.25, 0.3) is 0 Å². The molecule has 1 aromatic heterocycles. The predicted molar refractivity (Wildman–Crippen MR) is 85.1 cm³/mol. The monoisotopic (exact) mass is 325 g/mol. The summed E-state index contributed by atoms with van der Waals surface area (Å²) in [6.45, 7) is 5.58. The number of nitrogens with one attached hydrogen (secondary N) is 1. The summed E-state index contributed by atoms with van der Waals surface area (Å²) in [6, 6.07) is 7.14. The lowest BCUT2D eigenvalue weighted by molar-refractivity contribution is 0.186. The molecule has 0 aliphatic carbocycles. The zero-order valence-corrected chi connectivity index (χ0v) is 13.9. The summed E-state index contributed by atoms with van der Waals surface area (Å²) in [5, 5.41) is 11.8. The third kappa shape index (κ3) is 3.71. The van der Waals surface area contributed by atoms with Crippen LogP contribution in [0.2, 0.25) is 0 Å². The molecule has 2 rings (SSSR count). The molecule has 0 radical (unpaired) electrons. The van der Waals surface area contributed by atoms with Crippen LogP contribution in [0.3, 0.4) is 0 Å². The number of benzene rings is 1. The quantitative estimate of drug-likeness (QED) is 0.888. The first kappa shape index (κ1) is 16.2. The number of hydrogen-bond acceptors (Lipinski definition) is 4. The molecule has 1 aromatic carbocycles. The number of sulfonamides is 1. The van der Waals surface area contributed by atoms with Gasteiger partial charge in [0, 0.05) is 11.4 Å². The van der Waals surface area contributed by atoms with E-state index in [0.29, 0.717) is 5.56 Å². The Labute approximate surface area is 129 Å². The highest BCUT2D eigenvalue weighted by Crippen LogP contribution is 2.21. The van der Waals surface area contributed by atoms with Gasteiger partial charge in [0.05, 0.1) is 4.90 Å². The van der Waals surface area contributed by atoms with Crippen molar-refractivity contribution in [2.45, 2.75) is 31.8 Å². The van der Waals surface area contributed by atoms with E-state index in [4.69, 9.17) is 0 Å². The van der Waals surface area contributed by atoms with E-state index >= 15 is 0 Å². The molecule has 0 aliphatic rings. The minimum absolute atomic E-state index is 0.0325. The van der Waals surface area contributed by atoms with Gasteiger partial charge in [-0.3, -0.25) is 0 Å². The summed E-state index contributed by atoms with van der Waals surface area (Å²) < 4.78 is 27.2. The summed E-state index contributed by atoms with van der Waals surface area (Å²) >= 11 is 1.40. The van der Waals surface area contributed by atoms with E-state index in [1.165, 1.54) is 11.3 Å². The third-order valence-electron chi connectivity index (χ3n) is 3.42. The number of hydrogen-bond donors (Lipinski definition) is 2. The average Bonchev–Trinajstić information content (AvgIpc) is 2.94. The Kier molecular flexibility index (Phi) is 4.83. The maximum absolute atomic E-state index is 12.4. The molecule has 0 saturated heterocycles. The number of aliphatic hydroxyl groups excluding tert-OH is 1. The van der Waals surface area contributed by atoms with E-state index < -0.39 is 16.1 Å². The summed E-state index contributed by atoms with van der Waals surface area (Å²) in [4.78, 5) is 1.01. The molecule has 2 N–H and O–H groups in total. The molecule has 0 saturated carbocycles. The summed E-state index contributed by atoms with van der Waals surface area (Å²) in [7, 11) is -3.62. The molecule has 2 aromatic rings. The first-order chi connectivity index (χ1) is 9.81. The van der Waals surface area contributed by atoms with Crippen LogP contribution in [-0.2, 0) is 10.0 Å². The van der Waals surface area contributed by atoms with E-state index in [9.17, 15) is 13.5 Å². The average molecular weight is 325 g/mol. The third-order valence-corrected chi connectivity index (χ3v) is 5.96. The lowest BCUT2D eigenvalue weighted by Crippen LogP contribution is -2.29. The van der Waals surface area contributed by atoms with Gasteiger partial charge in [-0.05, 0) is 55.0 Å². The fourth-order valence-electron chi connectivity index (χ4n) is 2.07. The normalized spacial score (nSPS) is 13.3. The van der Waals surface area contributed by atoms with E-state index in [2.05, 4.69) is 4.72 Å². The highest BCUT2D eigenvalue weighted by atomic mass is 32.2. The standard InChI is InChI=1S/C15H19NO3S2/c1-10-7-12(3)15(8-11(10)2)21(18,19)16-9-13(17)14-5-4-6-20-14/h4-8,13,16-17H,9H2,1-3H3. The molecule has 6 heteroatoms. The highest BCUT2D eigenvalue weighted by Gasteiger charge is 2.19. The number of aryl methyl sites for hydroxylation is 3. The van der Waals surface area contributed by atoms with Crippen LogP contribution in [0.1, 0.15) is 27.7 Å². The minimum Gasteiger partial charge on any atom is -0.386 e. The SMILES string of the molecule is Cc1cc(C)c(S(=O)(=O)NCC(O)c2cccs2)cc1C. The Morgan fingerprint density at radius 1 is 1.19 bits per heavy atom. The van der Waals surface area contributed by atoms with Gasteiger partial charge in [0.15, 0.2) is 0 Å². The molecule has 1 atom stereocenters. The molecular weight excluding hydrogens is 306 g/mol. The van der Waals surface area contributed by atoms with Gasteiger partial charge in [0.2, 0.25) is 10.0 Å². The first-order valence-electron chi connectivity index (χ1n) is 6.60. The van der Waals surface area contributed by atoms with Gasteiger partial charge in [-0.25, -0.2) is 13.1 Å². The Morgan fingerprint density at radius 3 is 2.48 bits per heavy atom. The fraction of sp³-hybridized carbons (Fsp3) is 0.333. The number of rotatable bonds is 5. The van der Waals surface area contributed by atoms with E-state index in [-0.39, 0.29) is 11.4 Å². The lowest BCUT2D eigenvalue weighted by Gasteiger charge is -2.14. The van der Waals surface area contributed by atoms with E-state index in [1.807, 2.05) is 31.4 Å². The van der Waals surface area contributed by atoms with Crippen molar-refractivity contribution < 1.29 is 13.5 Å². The van der Waals surface area contributed by atoms with Crippen LogP contribution in [0.5, 0.6) is 0 Å². The molecule has 0 aliphatic heterocycles. The highest BCUT2D eigenvalue weighted by molar-refractivity contribution is 7.89. The van der Waals surface area contributed by atoms with Crippen molar-refractivity contribution in [1.82, 2.24) is 4.72 Å². The smallest absolute Gasteiger partial charge is 0.240 e. The van der Waals surface area contributed by atoms with Crippen LogP contribution in [0.25, 0.3) is 0 Å². The van der Waals surface area contributed by atoms with Gasteiger partial charge in [-0.1, -0.05) is 12.1 Å². The topological polar surface area (TPSA) is 66.4 Å². The molecule has 1 heterocycles. The number of thiophene rings is 1. The van der Waals surface area contributed by atoms with Crippen molar-refractivity contribution in [2.24, 2.45) is 0 Å². The first-order valence-corrected chi connectivity index (χ1v) is 8.96. The predicted octanol–water partition coefficient (Wildman–Crippen LogP) is 2.69. The lowest BCUT2D eigenvalue weighted by atomic mass is 10.1. The molecule has 21 heavy (non-hydrogen) atoms. The number of aliphatic hydroxyl groups is 1. The summed E-state index contributed by atoms with van der Waals surface area (Å²) in [5.74, 6) is 0. The van der Waals surface area contributed by atoms with Crippen molar-refractivity contribution in [3.05, 3.63) is 51.2 Å². The second-order valence-electron chi connectivity index (χ2n) is 5.09. The van der Waals surface area contributed by atoms with Gasteiger partial charge in [0.1, 0.15) is 6.10 Å². The second-order valence-corrected chi connectivity index (χ2v) is 7.80. The molecule has 0 amide bonds. The van der Waals surface area contributed by atoms with Crippen molar-refractivity contribution >= 4 is 21.4 Å². The fourth-order valence-corrected chi connectivity index (χ4v) is 4.13. The zero-order chi connectivity index (χ0) is 15.6. The van der Waals surface area contributed by atoms with Crippen LogP contribution < -0.4 is 4.72 Å². The molecule has 0 fully saturated rings. The van der Waals surface area contributed by atoms with Gasteiger partial charge >= 0.3 is 0 Å². The van der Waals surface area contributed by atoms with Crippen LogP contribution in [0.15, 0.2) is 34.5 Å². The Hall–Kier alpha value is -1.21. The van der Waals surface area contributed by atoms with Crippen molar-refractivity contribution in [3.63, 3.8) is 0 Å². The van der Waals surface area contributed by atoms with E-state index in [1.54, 1.807) is 19.1 Å². The zero-order valence-electron chi connectivity index (χ0n) is 12.3. The largest absolute Gasteiger partial charge is 0.386 e. The van der Waals surface area contributed by atoms with Gasteiger partial charge in [-0.15, -0.1) is 11.3 Å². The molecular formula is C15H19NO3S2. The Bertz CT molecular complexity index is 722. The summed E-state index contributed by atoms with van der Waals surface area (Å²) in [5.41, 5.74) is 2.70. The summed E-state index contributed by atoms with van der Waals surface area (Å²) in [6.07, 6.45) is -0.827. The van der Waals surface area contributed by atoms with E-state index in [0.717, 1.165) is 16.0 Å². The van der Waals surface area contributed by atoms with Crippen LogP contribution in [-0.4, -0.2) is 20.1 Å². The molecule has 0 bridgehead atoms. The van der Waals surface area contributed by atoms with Crippen molar-refractivity contribution in [2.75, 3.05) is 6.54 Å². The second kappa shape index (κ2) is 6.27. The van der Waals surface area contributed by atoms with Crippen LogP contribution in [0, 0.1) is 20.8 Å². The maximum Gasteiger partial charge on any atom is 0.240 e. The Balaban J connectivity index is 2.17. The molecule has 4 nitrogen and oxygen atoms in total. The van der Waals surface area contributed by atoms with Crippen LogP contribution >= 0.6 is 11.3 Å². The van der Waals surface area contributed by atoms with Crippen molar-refractivity contribution in [1.29, 1.82) is 0 Å². The van der Waals surface area contributed by atoms with Gasteiger partial charge in [-0.2, -0.15) is 0 Å². The molecule has 114 valence electrons. The maximum atomic E-state index is 12.4. The van der Waals surface area contributed by atoms with Gasteiger partial charge < -0.3 is 5.11 Å². The minimum atomic E-state index is -3.62. The molecule has 1 unspecified atom stereocenters. The van der Waals surface area contributed by atoms with Crippen LogP contribution in [0.4, 0.5) is 0 Å². The van der Waals surface area contributed by atoms with Crippen molar-refractivity contribution in [3.8, 4) is 0 Å². The molecule has 0 spiro atoms.